The summed E-state index contributed by atoms with van der Waals surface area (Å²) in [6.07, 6.45) is -1.89. The first-order valence-electron chi connectivity index (χ1n) is 34.9. The van der Waals surface area contributed by atoms with Gasteiger partial charge in [0.15, 0.2) is 0 Å². The number of aliphatic hydroxyl groups is 1. The minimum absolute atomic E-state index is 0.00456. The highest BCUT2D eigenvalue weighted by molar-refractivity contribution is 8.08. The number of unbranched alkanes of at least 4 members (excludes halogenated alkanes) is 2. The predicted molar refractivity (Wildman–Crippen MR) is 377 cm³/mol. The molecule has 0 saturated carbocycles. The molecule has 38 nitrogen and oxygen atoms in total. The number of aliphatic hydroxyl groups excluding tert-OH is 1. The fourth-order valence-corrected chi connectivity index (χ4v) is 14.9. The largest absolute Gasteiger partial charge is 0.481 e. The number of nitrogens with zero attached hydrogens (tertiary/aromatic N) is 7. The van der Waals surface area contributed by atoms with Crippen molar-refractivity contribution in [3.63, 3.8) is 0 Å². The molecule has 5 aliphatic heterocycles. The van der Waals surface area contributed by atoms with Crippen molar-refractivity contribution in [2.75, 3.05) is 116 Å². The van der Waals surface area contributed by atoms with E-state index in [4.69, 9.17) is 11.5 Å². The number of imide groups is 1. The Balaban J connectivity index is 1.42. The van der Waals surface area contributed by atoms with Crippen molar-refractivity contribution in [2.24, 2.45) is 11.5 Å². The third-order valence-electron chi connectivity index (χ3n) is 18.2. The van der Waals surface area contributed by atoms with E-state index in [1.807, 2.05) is 6.92 Å². The highest BCUT2D eigenvalue weighted by atomic mass is 32.2. The molecule has 16 N–H and O–H groups in total. The molecule has 0 spiro atoms. The molecule has 106 heavy (non-hydrogen) atoms. The monoisotopic (exact) mass is 1530 g/mol. The zero-order valence-electron chi connectivity index (χ0n) is 59.1. The van der Waals surface area contributed by atoms with Crippen LogP contribution in [-0.4, -0.2) is 331 Å². The molecule has 9 atom stereocenters. The van der Waals surface area contributed by atoms with Crippen LogP contribution in [0, 0.1) is 0 Å². The van der Waals surface area contributed by atoms with E-state index in [9.17, 15) is 92.7 Å². The average Bonchev–Trinajstić information content (AvgIpc) is 1.64. The van der Waals surface area contributed by atoms with Crippen LogP contribution in [-0.2, 0) is 87.9 Å². The molecule has 584 valence electrons. The lowest BCUT2D eigenvalue weighted by Crippen LogP contribution is -2.62. The molecule has 3 fully saturated rings. The van der Waals surface area contributed by atoms with Gasteiger partial charge in [-0.2, -0.15) is 0 Å². The summed E-state index contributed by atoms with van der Waals surface area (Å²) in [5.74, 6) is -19.2. The van der Waals surface area contributed by atoms with Crippen molar-refractivity contribution >= 4 is 124 Å². The number of carbonyl (C=O) groups is 17. The molecular formula is C66H96N16O22S2. The summed E-state index contributed by atoms with van der Waals surface area (Å²) in [6.45, 7) is 1.01. The number of rotatable bonds is 27. The number of carbonyl (C=O) groups excluding carboxylic acids is 13. The minimum Gasteiger partial charge on any atom is -0.481 e. The van der Waals surface area contributed by atoms with Gasteiger partial charge in [-0.1, -0.05) is 50.1 Å². The normalized spacial score (nSPS) is 23.7. The summed E-state index contributed by atoms with van der Waals surface area (Å²) < 4.78 is 0. The molecule has 0 aliphatic carbocycles. The van der Waals surface area contributed by atoms with Gasteiger partial charge in [-0.15, -0.1) is 23.5 Å². The van der Waals surface area contributed by atoms with Crippen molar-refractivity contribution in [2.45, 2.75) is 145 Å². The average molecular weight is 1530 g/mol. The Bertz CT molecular complexity index is 3410. The van der Waals surface area contributed by atoms with Gasteiger partial charge in [0.05, 0.1) is 48.5 Å². The Kier molecular flexibility index (Phi) is 34.0. The van der Waals surface area contributed by atoms with E-state index in [-0.39, 0.29) is 111 Å². The Morgan fingerprint density at radius 3 is 1.62 bits per heavy atom. The fourth-order valence-electron chi connectivity index (χ4n) is 12.6. The summed E-state index contributed by atoms with van der Waals surface area (Å²) in [5, 5.41) is 67.3. The molecule has 0 radical (unpaired) electrons. The van der Waals surface area contributed by atoms with Crippen LogP contribution in [0.3, 0.4) is 0 Å². The van der Waals surface area contributed by atoms with Crippen LogP contribution in [0.15, 0.2) is 40.1 Å². The highest BCUT2D eigenvalue weighted by Crippen LogP contribution is 2.38. The molecule has 3 saturated heterocycles. The molecule has 1 aromatic rings. The van der Waals surface area contributed by atoms with Crippen molar-refractivity contribution in [1.82, 2.24) is 71.5 Å². The molecule has 0 bridgehead atoms. The number of nitrogens with one attached hydrogen (secondary N) is 7. The number of hydrogen-bond donors (Lipinski definition) is 14. The summed E-state index contributed by atoms with van der Waals surface area (Å²) in [4.78, 5) is 242. The first-order valence-corrected chi connectivity index (χ1v) is 36.9. The van der Waals surface area contributed by atoms with Crippen LogP contribution in [0.25, 0.3) is 0 Å². The summed E-state index contributed by atoms with van der Waals surface area (Å²) in [5.41, 5.74) is 11.4. The molecule has 5 aliphatic rings. The molecule has 13 amide bonds. The van der Waals surface area contributed by atoms with Crippen molar-refractivity contribution < 1.29 is 107 Å². The van der Waals surface area contributed by atoms with Crippen LogP contribution in [0.1, 0.15) is 90.0 Å². The maximum atomic E-state index is 15.2. The Morgan fingerprint density at radius 2 is 1.10 bits per heavy atom. The SMILES string of the molecule is CCCCCC(=O)N[C@H]1CSC2=C(SC[C@@H](C(=O)N[C@@H](CC(=O)O)C(N)=O)NC(=O)[C@H](Cc3ccccc3)NC(=O)[C@H](CCC(N)=O)NC(=O)[C@H]([C@@H](C)O)NC(=O)[C@@H]3CCCN3C(=O)[C@@H]3CCCN3C1=O)C(=O)N(CCNC(=O)CN1CCN(CC(=O)O)CCN(CC(=O)O)CCN(CC(=O)O)CC1)C2=O. The second-order valence-electron chi connectivity index (χ2n) is 26.3. The predicted octanol–water partition coefficient (Wildman–Crippen LogP) is -6.04. The summed E-state index contributed by atoms with van der Waals surface area (Å²) >= 11 is 1.09. The number of primary amides is 2. The number of fused-ring (bicyclic) bond motifs is 2. The molecule has 6 rings (SSSR count). The molecule has 40 heteroatoms. The molecule has 0 unspecified atom stereocenters. The number of amides is 13. The van der Waals surface area contributed by atoms with Crippen LogP contribution in [0.5, 0.6) is 0 Å². The summed E-state index contributed by atoms with van der Waals surface area (Å²) in [7, 11) is 0. The first kappa shape index (κ1) is 85.6. The van der Waals surface area contributed by atoms with Crippen molar-refractivity contribution in [3.8, 4) is 0 Å². The lowest BCUT2D eigenvalue weighted by molar-refractivity contribution is -0.148. The van der Waals surface area contributed by atoms with E-state index in [1.165, 1.54) is 9.80 Å². The molecular weight excluding hydrogens is 1430 g/mol. The first-order chi connectivity index (χ1) is 50.3. The van der Waals surface area contributed by atoms with Gasteiger partial charge in [0.1, 0.15) is 48.3 Å². The molecule has 0 aromatic heterocycles. The zero-order chi connectivity index (χ0) is 77.9. The third-order valence-corrected chi connectivity index (χ3v) is 20.6. The van der Waals surface area contributed by atoms with Crippen molar-refractivity contribution in [1.29, 1.82) is 0 Å². The topological polar surface area (TPSA) is 550 Å². The van der Waals surface area contributed by atoms with E-state index in [1.54, 1.807) is 49.9 Å². The van der Waals surface area contributed by atoms with Crippen molar-refractivity contribution in [3.05, 3.63) is 45.7 Å². The molecule has 1 aromatic carbocycles. The maximum Gasteiger partial charge on any atom is 0.317 e. The van der Waals surface area contributed by atoms with Gasteiger partial charge in [0.2, 0.25) is 65.0 Å². The highest BCUT2D eigenvalue weighted by Gasteiger charge is 2.47. The van der Waals surface area contributed by atoms with Gasteiger partial charge in [-0.25, -0.2) is 0 Å². The second kappa shape index (κ2) is 42.1. The van der Waals surface area contributed by atoms with Gasteiger partial charge < -0.3 is 84.0 Å². The number of benzene rings is 1. The lowest BCUT2D eigenvalue weighted by atomic mass is 10.0. The number of thioether (sulfide) groups is 2. The standard InChI is InChI=1S/C66H96N16O22S2/c1-3-4-6-15-48(85)70-44-37-106-56-55(65(103)82(66(56)104)21-18-69-49(86)32-76-22-24-77(33-51(89)90)26-28-79(35-53(93)94)29-27-78(25-23-76)34-52(91)92)105-36-43(60(98)72-41(57(68)95)31-50(87)88)74-59(97)42(30-39-11-7-5-8-12-39)73-58(96)40(16-17-47(67)84)71-62(100)54(38(2)83)75-61(99)45-13-9-19-80(45)64(102)46-14-10-20-81(46)63(44)101/h5,7-8,11-12,38,40-46,54,83H,3-4,6,9-10,13-37H2,1-2H3,(H2,67,84)(H2,68,95)(H,69,86)(H,70,85)(H,71,100)(H,72,98)(H,73,96)(H,74,97)(H,75,99)(H,87,88)(H,89,90)(H,91,92)(H,93,94)/t38-,40+,41+,42+,43+,44+,45+,46+,54+/m1/s1. The van der Waals surface area contributed by atoms with E-state index in [0.29, 0.717) is 48.3 Å². The fraction of sp³-hybridized carbons (Fsp3) is 0.621. The lowest BCUT2D eigenvalue weighted by Gasteiger charge is -2.33. The number of carboxylic acid groups (broad SMARTS) is 4. The van der Waals surface area contributed by atoms with Gasteiger partial charge in [-0.3, -0.25) is 106 Å². The Hall–Kier alpha value is -9.35. The summed E-state index contributed by atoms with van der Waals surface area (Å²) in [6, 6.07) is -5.39. The van der Waals surface area contributed by atoms with Crippen LogP contribution in [0.2, 0.25) is 0 Å². The van der Waals surface area contributed by atoms with Crippen LogP contribution in [0.4, 0.5) is 0 Å². The maximum absolute atomic E-state index is 15.2. The molecule has 5 heterocycles. The quantitative estimate of drug-likeness (QED) is 0.0288. The number of nitrogens with two attached hydrogens (primary N) is 2. The minimum atomic E-state index is -1.98. The van der Waals surface area contributed by atoms with Gasteiger partial charge in [0, 0.05) is 109 Å². The zero-order valence-corrected chi connectivity index (χ0v) is 60.7. The Labute approximate surface area is 618 Å². The van der Waals surface area contributed by atoms with Gasteiger partial charge in [-0.05, 0) is 51.0 Å². The van der Waals surface area contributed by atoms with Gasteiger partial charge >= 0.3 is 23.9 Å². The number of carboxylic acids is 4. The van der Waals surface area contributed by atoms with E-state index >= 15 is 14.4 Å². The van der Waals surface area contributed by atoms with E-state index in [2.05, 4.69) is 37.2 Å². The van der Waals surface area contributed by atoms with Crippen LogP contribution >= 0.6 is 23.5 Å². The van der Waals surface area contributed by atoms with E-state index in [0.717, 1.165) is 11.8 Å². The number of hydrogen-bond acceptors (Lipinski definition) is 24. The van der Waals surface area contributed by atoms with Crippen LogP contribution < -0.4 is 48.7 Å². The second-order valence-corrected chi connectivity index (χ2v) is 28.4. The van der Waals surface area contributed by atoms with E-state index < -0.39 is 228 Å². The smallest absolute Gasteiger partial charge is 0.317 e. The third kappa shape index (κ3) is 26.6. The Morgan fingerprint density at radius 1 is 0.585 bits per heavy atom. The van der Waals surface area contributed by atoms with Gasteiger partial charge in [0.25, 0.3) is 11.8 Å². The number of aliphatic carboxylic acids is 4.